The van der Waals surface area contributed by atoms with Crippen molar-refractivity contribution in [1.29, 1.82) is 0 Å². The molecule has 4 nitrogen and oxygen atoms in total. The third-order valence-electron chi connectivity index (χ3n) is 3.06. The van der Waals surface area contributed by atoms with Crippen molar-refractivity contribution in [2.75, 3.05) is 12.3 Å². The molecule has 0 radical (unpaired) electrons. The predicted molar refractivity (Wildman–Crippen MR) is 82.7 cm³/mol. The number of hydrogen-bond acceptors (Lipinski definition) is 3. The Bertz CT molecular complexity index is 421. The molecule has 0 saturated heterocycles. The van der Waals surface area contributed by atoms with Crippen molar-refractivity contribution in [2.24, 2.45) is 0 Å². The van der Waals surface area contributed by atoms with E-state index in [0.717, 1.165) is 18.5 Å². The summed E-state index contributed by atoms with van der Waals surface area (Å²) in [6, 6.07) is 7.94. The second kappa shape index (κ2) is 7.17. The number of alkyl carbamates (subject to hydrolysis) is 1. The second-order valence-electron chi connectivity index (χ2n) is 5.99. The van der Waals surface area contributed by atoms with Crippen LogP contribution in [-0.4, -0.2) is 18.2 Å². The molecule has 4 heteroatoms. The topological polar surface area (TPSA) is 64.3 Å². The number of hydrogen-bond donors (Lipinski definition) is 2. The van der Waals surface area contributed by atoms with E-state index in [1.165, 1.54) is 5.56 Å². The first-order valence-corrected chi connectivity index (χ1v) is 7.14. The first-order chi connectivity index (χ1) is 9.31. The number of benzene rings is 1. The van der Waals surface area contributed by atoms with Gasteiger partial charge in [0, 0.05) is 12.2 Å². The SMILES string of the molecule is CCC(CCNC(=O)OC(C)(C)C)c1ccc(N)cc1. The first kappa shape index (κ1) is 16.3. The average molecular weight is 278 g/mol. The summed E-state index contributed by atoms with van der Waals surface area (Å²) >= 11 is 0. The summed E-state index contributed by atoms with van der Waals surface area (Å²) in [6.07, 6.45) is 1.56. The molecule has 112 valence electrons. The van der Waals surface area contributed by atoms with Gasteiger partial charge in [-0.05, 0) is 57.2 Å². The number of nitrogen functional groups attached to an aromatic ring is 1. The van der Waals surface area contributed by atoms with Crippen LogP contribution in [0.4, 0.5) is 10.5 Å². The van der Waals surface area contributed by atoms with Crippen LogP contribution in [0.2, 0.25) is 0 Å². The number of carbonyl (C=O) groups excluding carboxylic acids is 1. The van der Waals surface area contributed by atoms with E-state index in [4.69, 9.17) is 10.5 Å². The van der Waals surface area contributed by atoms with Crippen LogP contribution in [-0.2, 0) is 4.74 Å². The fourth-order valence-corrected chi connectivity index (χ4v) is 2.04. The molecule has 0 aromatic heterocycles. The van der Waals surface area contributed by atoms with E-state index < -0.39 is 5.60 Å². The molecule has 1 amide bonds. The zero-order valence-electron chi connectivity index (χ0n) is 12.9. The van der Waals surface area contributed by atoms with Crippen molar-refractivity contribution in [3.63, 3.8) is 0 Å². The fourth-order valence-electron chi connectivity index (χ4n) is 2.04. The van der Waals surface area contributed by atoms with Crippen LogP contribution in [0.25, 0.3) is 0 Å². The lowest BCUT2D eigenvalue weighted by atomic mass is 9.93. The molecule has 0 aliphatic heterocycles. The number of rotatable bonds is 5. The van der Waals surface area contributed by atoms with E-state index in [9.17, 15) is 4.79 Å². The maximum Gasteiger partial charge on any atom is 0.407 e. The Hall–Kier alpha value is -1.71. The fraction of sp³-hybridized carbons (Fsp3) is 0.562. The smallest absolute Gasteiger partial charge is 0.407 e. The minimum absolute atomic E-state index is 0.357. The summed E-state index contributed by atoms with van der Waals surface area (Å²) in [4.78, 5) is 11.6. The molecule has 1 aromatic carbocycles. The number of anilines is 1. The predicted octanol–water partition coefficient (Wildman–Crippen LogP) is 3.68. The lowest BCUT2D eigenvalue weighted by molar-refractivity contribution is 0.0526. The zero-order valence-corrected chi connectivity index (χ0v) is 12.9. The van der Waals surface area contributed by atoms with Gasteiger partial charge in [-0.1, -0.05) is 19.1 Å². The quantitative estimate of drug-likeness (QED) is 0.808. The Labute approximate surface area is 121 Å². The molecule has 0 saturated carbocycles. The van der Waals surface area contributed by atoms with Crippen LogP contribution < -0.4 is 11.1 Å². The van der Waals surface area contributed by atoms with Gasteiger partial charge in [0.05, 0.1) is 0 Å². The first-order valence-electron chi connectivity index (χ1n) is 7.14. The second-order valence-corrected chi connectivity index (χ2v) is 5.99. The molecule has 0 fully saturated rings. The molecule has 0 aliphatic carbocycles. The van der Waals surface area contributed by atoms with Gasteiger partial charge in [-0.3, -0.25) is 0 Å². The van der Waals surface area contributed by atoms with Gasteiger partial charge in [-0.15, -0.1) is 0 Å². The van der Waals surface area contributed by atoms with Crippen LogP contribution in [0, 0.1) is 0 Å². The number of ether oxygens (including phenoxy) is 1. The number of nitrogens with two attached hydrogens (primary N) is 1. The molecule has 1 atom stereocenters. The molecule has 1 unspecified atom stereocenters. The molecule has 0 aliphatic rings. The maximum atomic E-state index is 11.6. The molecular weight excluding hydrogens is 252 g/mol. The van der Waals surface area contributed by atoms with E-state index in [-0.39, 0.29) is 6.09 Å². The van der Waals surface area contributed by atoms with Crippen molar-refractivity contribution >= 4 is 11.8 Å². The van der Waals surface area contributed by atoms with Crippen molar-refractivity contribution in [1.82, 2.24) is 5.32 Å². The lowest BCUT2D eigenvalue weighted by Crippen LogP contribution is -2.33. The van der Waals surface area contributed by atoms with Gasteiger partial charge < -0.3 is 15.8 Å². The number of nitrogens with one attached hydrogen (secondary N) is 1. The zero-order chi connectivity index (χ0) is 15.2. The van der Waals surface area contributed by atoms with Crippen molar-refractivity contribution in [3.05, 3.63) is 29.8 Å². The van der Waals surface area contributed by atoms with Gasteiger partial charge in [-0.25, -0.2) is 4.79 Å². The van der Waals surface area contributed by atoms with Crippen LogP contribution in [0.1, 0.15) is 52.0 Å². The van der Waals surface area contributed by atoms with Gasteiger partial charge in [0.15, 0.2) is 0 Å². The summed E-state index contributed by atoms with van der Waals surface area (Å²) < 4.78 is 5.21. The highest BCUT2D eigenvalue weighted by Crippen LogP contribution is 2.23. The Morgan fingerprint density at radius 2 is 1.90 bits per heavy atom. The van der Waals surface area contributed by atoms with Crippen molar-refractivity contribution < 1.29 is 9.53 Å². The summed E-state index contributed by atoms with van der Waals surface area (Å²) in [7, 11) is 0. The Morgan fingerprint density at radius 1 is 1.30 bits per heavy atom. The highest BCUT2D eigenvalue weighted by Gasteiger charge is 2.16. The Kier molecular flexibility index (Phi) is 5.86. The summed E-state index contributed by atoms with van der Waals surface area (Å²) in [6.45, 7) is 8.33. The van der Waals surface area contributed by atoms with E-state index in [2.05, 4.69) is 24.4 Å². The Morgan fingerprint density at radius 3 is 2.40 bits per heavy atom. The van der Waals surface area contributed by atoms with Crippen LogP contribution in [0.15, 0.2) is 24.3 Å². The summed E-state index contributed by atoms with van der Waals surface area (Å²) in [5.41, 5.74) is 7.27. The normalized spacial score (nSPS) is 12.8. The average Bonchev–Trinajstić information content (AvgIpc) is 2.34. The van der Waals surface area contributed by atoms with Gasteiger partial charge in [0.1, 0.15) is 5.60 Å². The van der Waals surface area contributed by atoms with Gasteiger partial charge in [0.2, 0.25) is 0 Å². The number of amides is 1. The third kappa shape index (κ3) is 5.95. The molecule has 20 heavy (non-hydrogen) atoms. The molecule has 3 N–H and O–H groups in total. The highest BCUT2D eigenvalue weighted by atomic mass is 16.6. The molecule has 0 heterocycles. The van der Waals surface area contributed by atoms with Gasteiger partial charge in [0.25, 0.3) is 0 Å². The molecular formula is C16H26N2O2. The largest absolute Gasteiger partial charge is 0.444 e. The maximum absolute atomic E-state index is 11.6. The van der Waals surface area contributed by atoms with Crippen LogP contribution >= 0.6 is 0 Å². The molecule has 1 aromatic rings. The van der Waals surface area contributed by atoms with E-state index >= 15 is 0 Å². The van der Waals surface area contributed by atoms with E-state index in [0.29, 0.717) is 12.5 Å². The molecule has 0 spiro atoms. The monoisotopic (exact) mass is 278 g/mol. The molecule has 1 rings (SSSR count). The van der Waals surface area contributed by atoms with Crippen molar-refractivity contribution in [3.8, 4) is 0 Å². The standard InChI is InChI=1S/C16H26N2O2/c1-5-12(13-6-8-14(17)9-7-13)10-11-18-15(19)20-16(2,3)4/h6-9,12H,5,10-11,17H2,1-4H3,(H,18,19). The summed E-state index contributed by atoms with van der Waals surface area (Å²) in [5.74, 6) is 0.422. The lowest BCUT2D eigenvalue weighted by Gasteiger charge is -2.20. The minimum Gasteiger partial charge on any atom is -0.444 e. The third-order valence-corrected chi connectivity index (χ3v) is 3.06. The highest BCUT2D eigenvalue weighted by molar-refractivity contribution is 5.67. The van der Waals surface area contributed by atoms with Crippen LogP contribution in [0.5, 0.6) is 0 Å². The summed E-state index contributed by atoms with van der Waals surface area (Å²) in [5, 5.41) is 2.80. The minimum atomic E-state index is -0.453. The van der Waals surface area contributed by atoms with Gasteiger partial charge >= 0.3 is 6.09 Å². The Balaban J connectivity index is 2.42. The van der Waals surface area contributed by atoms with Crippen LogP contribution in [0.3, 0.4) is 0 Å². The van der Waals surface area contributed by atoms with Crippen molar-refractivity contribution in [2.45, 2.75) is 52.1 Å². The van der Waals surface area contributed by atoms with Gasteiger partial charge in [-0.2, -0.15) is 0 Å². The van der Waals surface area contributed by atoms with E-state index in [1.807, 2.05) is 32.9 Å². The van der Waals surface area contributed by atoms with E-state index in [1.54, 1.807) is 0 Å². The molecule has 0 bridgehead atoms. The number of carbonyl (C=O) groups is 1.